The minimum absolute atomic E-state index is 0.0189. The molecule has 22 heavy (non-hydrogen) atoms. The van der Waals surface area contributed by atoms with Gasteiger partial charge in [-0.1, -0.05) is 23.7 Å². The van der Waals surface area contributed by atoms with Crippen molar-refractivity contribution in [2.45, 2.75) is 13.0 Å². The second-order valence-corrected chi connectivity index (χ2v) is 5.33. The van der Waals surface area contributed by atoms with Gasteiger partial charge in [0.2, 0.25) is 5.91 Å². The number of halogens is 1. The highest BCUT2D eigenvalue weighted by atomic mass is 35.5. The molecule has 0 saturated heterocycles. The predicted octanol–water partition coefficient (Wildman–Crippen LogP) is 3.50. The van der Waals surface area contributed by atoms with Crippen LogP contribution in [0.15, 0.2) is 48.5 Å². The van der Waals surface area contributed by atoms with Gasteiger partial charge in [0.1, 0.15) is 0 Å². The Morgan fingerprint density at radius 2 is 2.00 bits per heavy atom. The molecule has 0 aromatic heterocycles. The highest BCUT2D eigenvalue weighted by Crippen LogP contribution is 2.17. The fraction of sp³-hybridized carbons (Fsp3) is 0.176. The molecule has 0 aliphatic rings. The van der Waals surface area contributed by atoms with Gasteiger partial charge in [-0.2, -0.15) is 5.26 Å². The van der Waals surface area contributed by atoms with E-state index in [0.29, 0.717) is 16.3 Å². The summed E-state index contributed by atoms with van der Waals surface area (Å²) >= 11 is 5.95. The molecule has 5 heteroatoms. The van der Waals surface area contributed by atoms with Crippen molar-refractivity contribution >= 4 is 23.2 Å². The highest BCUT2D eigenvalue weighted by molar-refractivity contribution is 6.30. The first-order valence-electron chi connectivity index (χ1n) is 6.87. The largest absolute Gasteiger partial charge is 0.325 e. The smallest absolute Gasteiger partial charge is 0.238 e. The fourth-order valence-corrected chi connectivity index (χ4v) is 2.17. The molecule has 4 nitrogen and oxygen atoms in total. The zero-order valence-corrected chi connectivity index (χ0v) is 12.9. The van der Waals surface area contributed by atoms with E-state index in [0.717, 1.165) is 5.56 Å². The van der Waals surface area contributed by atoms with E-state index >= 15 is 0 Å². The van der Waals surface area contributed by atoms with Crippen molar-refractivity contribution in [1.29, 1.82) is 5.26 Å². The zero-order valence-electron chi connectivity index (χ0n) is 12.1. The number of amides is 1. The lowest BCUT2D eigenvalue weighted by atomic mass is 10.1. The molecular formula is C17H16ClN3O. The molecule has 2 N–H and O–H groups in total. The van der Waals surface area contributed by atoms with Crippen molar-refractivity contribution in [3.8, 4) is 6.07 Å². The van der Waals surface area contributed by atoms with Crippen LogP contribution >= 0.6 is 11.6 Å². The topological polar surface area (TPSA) is 64.9 Å². The number of carbonyl (C=O) groups excluding carboxylic acids is 1. The minimum Gasteiger partial charge on any atom is -0.325 e. The minimum atomic E-state index is -0.140. The maximum absolute atomic E-state index is 11.9. The standard InChI is InChI=1S/C17H16ClN3O/c1-12(14-3-2-4-15(18)9-14)20-11-17(22)21-16-7-5-13(10-19)6-8-16/h2-9,12,20H,11H2,1H3,(H,21,22)/t12-/m1/s1. The van der Waals surface area contributed by atoms with Gasteiger partial charge in [-0.3, -0.25) is 4.79 Å². The molecule has 0 aliphatic heterocycles. The Kier molecular flexibility index (Phi) is 5.54. The molecule has 1 atom stereocenters. The van der Waals surface area contributed by atoms with Crippen LogP contribution < -0.4 is 10.6 Å². The van der Waals surface area contributed by atoms with Gasteiger partial charge in [0.05, 0.1) is 18.2 Å². The number of nitrogens with zero attached hydrogens (tertiary/aromatic N) is 1. The number of hydrogen-bond acceptors (Lipinski definition) is 3. The molecule has 0 unspecified atom stereocenters. The summed E-state index contributed by atoms with van der Waals surface area (Å²) in [4.78, 5) is 11.9. The summed E-state index contributed by atoms with van der Waals surface area (Å²) in [6.45, 7) is 2.16. The van der Waals surface area contributed by atoms with Crippen LogP contribution in [0.4, 0.5) is 5.69 Å². The Balaban J connectivity index is 1.85. The lowest BCUT2D eigenvalue weighted by Crippen LogP contribution is -2.30. The molecular weight excluding hydrogens is 298 g/mol. The van der Waals surface area contributed by atoms with E-state index in [1.807, 2.05) is 37.3 Å². The summed E-state index contributed by atoms with van der Waals surface area (Å²) in [7, 11) is 0. The Labute approximate surface area is 134 Å². The number of benzene rings is 2. The molecule has 2 rings (SSSR count). The van der Waals surface area contributed by atoms with E-state index in [4.69, 9.17) is 16.9 Å². The van der Waals surface area contributed by atoms with Crippen molar-refractivity contribution in [3.63, 3.8) is 0 Å². The number of anilines is 1. The van der Waals surface area contributed by atoms with Gasteiger partial charge in [-0.05, 0) is 48.9 Å². The third kappa shape index (κ3) is 4.59. The van der Waals surface area contributed by atoms with Gasteiger partial charge in [-0.25, -0.2) is 0 Å². The van der Waals surface area contributed by atoms with Gasteiger partial charge in [0.15, 0.2) is 0 Å². The number of hydrogen-bond donors (Lipinski definition) is 2. The molecule has 2 aromatic carbocycles. The number of nitriles is 1. The summed E-state index contributed by atoms with van der Waals surface area (Å²) in [5.74, 6) is -0.140. The average Bonchev–Trinajstić information content (AvgIpc) is 2.53. The van der Waals surface area contributed by atoms with Crippen molar-refractivity contribution in [2.75, 3.05) is 11.9 Å². The van der Waals surface area contributed by atoms with Gasteiger partial charge >= 0.3 is 0 Å². The van der Waals surface area contributed by atoms with Crippen molar-refractivity contribution in [1.82, 2.24) is 5.32 Å². The molecule has 0 spiro atoms. The van der Waals surface area contributed by atoms with E-state index in [1.165, 1.54) is 0 Å². The molecule has 0 saturated carbocycles. The molecule has 0 radical (unpaired) electrons. The predicted molar refractivity (Wildman–Crippen MR) is 87.7 cm³/mol. The van der Waals surface area contributed by atoms with E-state index in [9.17, 15) is 4.79 Å². The normalized spacial score (nSPS) is 11.5. The molecule has 2 aromatic rings. The van der Waals surface area contributed by atoms with Crippen LogP contribution in [0.1, 0.15) is 24.1 Å². The maximum Gasteiger partial charge on any atom is 0.238 e. The van der Waals surface area contributed by atoms with E-state index in [-0.39, 0.29) is 18.5 Å². The van der Waals surface area contributed by atoms with Crippen LogP contribution in [0.5, 0.6) is 0 Å². The molecule has 0 fully saturated rings. The van der Waals surface area contributed by atoms with Crippen molar-refractivity contribution < 1.29 is 4.79 Å². The number of rotatable bonds is 5. The molecule has 0 heterocycles. The van der Waals surface area contributed by atoms with Crippen molar-refractivity contribution in [3.05, 3.63) is 64.7 Å². The summed E-state index contributed by atoms with van der Waals surface area (Å²) in [6, 6.07) is 16.3. The summed E-state index contributed by atoms with van der Waals surface area (Å²) in [5.41, 5.74) is 2.26. The number of nitrogens with one attached hydrogen (secondary N) is 2. The summed E-state index contributed by atoms with van der Waals surface area (Å²) in [6.07, 6.45) is 0. The first kappa shape index (κ1) is 16.0. The van der Waals surface area contributed by atoms with Gasteiger partial charge < -0.3 is 10.6 Å². The lowest BCUT2D eigenvalue weighted by Gasteiger charge is -2.14. The van der Waals surface area contributed by atoms with Crippen LogP contribution in [-0.4, -0.2) is 12.5 Å². The second-order valence-electron chi connectivity index (χ2n) is 4.89. The van der Waals surface area contributed by atoms with Crippen LogP contribution in [0, 0.1) is 11.3 Å². The first-order chi connectivity index (χ1) is 10.6. The molecule has 112 valence electrons. The van der Waals surface area contributed by atoms with Gasteiger partial charge in [-0.15, -0.1) is 0 Å². The second kappa shape index (κ2) is 7.60. The molecule has 0 aliphatic carbocycles. The van der Waals surface area contributed by atoms with Gasteiger partial charge in [0.25, 0.3) is 0 Å². The Morgan fingerprint density at radius 1 is 1.27 bits per heavy atom. The summed E-state index contributed by atoms with van der Waals surface area (Å²) < 4.78 is 0. The molecule has 1 amide bonds. The maximum atomic E-state index is 11.9. The van der Waals surface area contributed by atoms with E-state index in [2.05, 4.69) is 10.6 Å². The Hall–Kier alpha value is -2.35. The quantitative estimate of drug-likeness (QED) is 0.888. The van der Waals surface area contributed by atoms with Crippen molar-refractivity contribution in [2.24, 2.45) is 0 Å². The van der Waals surface area contributed by atoms with E-state index in [1.54, 1.807) is 24.3 Å². The summed E-state index contributed by atoms with van der Waals surface area (Å²) in [5, 5.41) is 15.3. The van der Waals surface area contributed by atoms with Crippen LogP contribution in [-0.2, 0) is 4.79 Å². The average molecular weight is 314 g/mol. The first-order valence-corrected chi connectivity index (χ1v) is 7.25. The molecule has 0 bridgehead atoms. The zero-order chi connectivity index (χ0) is 15.9. The Morgan fingerprint density at radius 3 is 2.64 bits per heavy atom. The monoisotopic (exact) mass is 313 g/mol. The lowest BCUT2D eigenvalue weighted by molar-refractivity contribution is -0.115. The third-order valence-corrected chi connectivity index (χ3v) is 3.45. The highest BCUT2D eigenvalue weighted by Gasteiger charge is 2.08. The third-order valence-electron chi connectivity index (χ3n) is 3.22. The van der Waals surface area contributed by atoms with Crippen LogP contribution in [0.3, 0.4) is 0 Å². The van der Waals surface area contributed by atoms with Crippen LogP contribution in [0.2, 0.25) is 5.02 Å². The SMILES string of the molecule is C[C@@H](NCC(=O)Nc1ccc(C#N)cc1)c1cccc(Cl)c1. The Bertz CT molecular complexity index is 692. The van der Waals surface area contributed by atoms with Gasteiger partial charge in [0, 0.05) is 16.8 Å². The number of carbonyl (C=O) groups is 1. The van der Waals surface area contributed by atoms with Crippen LogP contribution in [0.25, 0.3) is 0 Å². The van der Waals surface area contributed by atoms with E-state index < -0.39 is 0 Å². The fourth-order valence-electron chi connectivity index (χ4n) is 1.97.